The maximum Gasteiger partial charge on any atom is 0.268 e. The molecule has 7 heteroatoms. The summed E-state index contributed by atoms with van der Waals surface area (Å²) in [4.78, 5) is 18.2. The van der Waals surface area contributed by atoms with Crippen molar-refractivity contribution in [3.05, 3.63) is 34.8 Å². The molecule has 1 aliphatic heterocycles. The van der Waals surface area contributed by atoms with Gasteiger partial charge in [0.15, 0.2) is 16.6 Å². The number of fused-ring (bicyclic) bond motifs is 1. The summed E-state index contributed by atoms with van der Waals surface area (Å²) >= 11 is 1.48. The quantitative estimate of drug-likeness (QED) is 0.886. The van der Waals surface area contributed by atoms with Gasteiger partial charge in [0.2, 0.25) is 6.79 Å². The molecule has 2 aromatic rings. The van der Waals surface area contributed by atoms with Gasteiger partial charge in [-0.05, 0) is 30.5 Å². The summed E-state index contributed by atoms with van der Waals surface area (Å²) in [6.45, 7) is 1.01. The molecule has 0 bridgehead atoms. The highest BCUT2D eigenvalue weighted by Crippen LogP contribution is 2.35. The second-order valence-electron chi connectivity index (χ2n) is 6.49. The minimum Gasteiger partial charge on any atom is -0.454 e. The number of hydrogen-bond donors (Lipinski definition) is 1. The number of hydrogen-bond acceptors (Lipinski definition) is 6. The summed E-state index contributed by atoms with van der Waals surface area (Å²) in [5.74, 6) is 1.10. The number of rotatable bonds is 5. The van der Waals surface area contributed by atoms with E-state index in [1.165, 1.54) is 30.6 Å². The van der Waals surface area contributed by atoms with E-state index in [1.54, 1.807) is 5.38 Å². The predicted octanol–water partition coefficient (Wildman–Crippen LogP) is 3.31. The number of carbonyl (C=O) groups is 1. The Morgan fingerprint density at radius 2 is 2.04 bits per heavy atom. The van der Waals surface area contributed by atoms with Gasteiger partial charge in [-0.2, -0.15) is 0 Å². The third-order valence-electron chi connectivity index (χ3n) is 4.80. The first-order valence-electron chi connectivity index (χ1n) is 8.61. The summed E-state index contributed by atoms with van der Waals surface area (Å²) in [5.41, 5.74) is 6.86. The van der Waals surface area contributed by atoms with Crippen molar-refractivity contribution in [2.45, 2.75) is 44.7 Å². The van der Waals surface area contributed by atoms with Gasteiger partial charge in [0.05, 0.1) is 0 Å². The van der Waals surface area contributed by atoms with Crippen LogP contribution in [0.2, 0.25) is 0 Å². The van der Waals surface area contributed by atoms with E-state index >= 15 is 0 Å². The SMILES string of the molecule is NC(=O)c1csc(N(Cc2ccc3c(c2)OCO3)C2CCCCC2)n1. The van der Waals surface area contributed by atoms with Gasteiger partial charge in [-0.25, -0.2) is 4.98 Å². The number of anilines is 1. The van der Waals surface area contributed by atoms with Crippen LogP contribution in [0.15, 0.2) is 23.6 Å². The molecule has 1 aromatic carbocycles. The summed E-state index contributed by atoms with van der Waals surface area (Å²) in [6, 6.07) is 6.48. The largest absolute Gasteiger partial charge is 0.454 e. The van der Waals surface area contributed by atoms with Crippen molar-refractivity contribution in [1.82, 2.24) is 4.98 Å². The van der Waals surface area contributed by atoms with Crippen molar-refractivity contribution in [3.63, 3.8) is 0 Å². The highest BCUT2D eigenvalue weighted by atomic mass is 32.1. The predicted molar refractivity (Wildman–Crippen MR) is 96.3 cm³/mol. The van der Waals surface area contributed by atoms with Gasteiger partial charge >= 0.3 is 0 Å². The lowest BCUT2D eigenvalue weighted by Gasteiger charge is -2.34. The van der Waals surface area contributed by atoms with Crippen LogP contribution >= 0.6 is 11.3 Å². The van der Waals surface area contributed by atoms with E-state index in [1.807, 2.05) is 12.1 Å². The molecule has 1 fully saturated rings. The lowest BCUT2D eigenvalue weighted by molar-refractivity contribution is 0.0996. The van der Waals surface area contributed by atoms with E-state index in [9.17, 15) is 4.79 Å². The fourth-order valence-corrected chi connectivity index (χ4v) is 4.38. The number of benzene rings is 1. The zero-order valence-electron chi connectivity index (χ0n) is 13.9. The number of nitrogens with zero attached hydrogens (tertiary/aromatic N) is 2. The summed E-state index contributed by atoms with van der Waals surface area (Å²) < 4.78 is 10.9. The molecule has 25 heavy (non-hydrogen) atoms. The van der Waals surface area contributed by atoms with Crippen LogP contribution in [-0.2, 0) is 6.54 Å². The van der Waals surface area contributed by atoms with Crippen LogP contribution in [0.1, 0.15) is 48.2 Å². The second kappa shape index (κ2) is 6.92. The molecule has 0 unspecified atom stereocenters. The van der Waals surface area contributed by atoms with Gasteiger partial charge < -0.3 is 20.1 Å². The van der Waals surface area contributed by atoms with Gasteiger partial charge in [0, 0.05) is 18.0 Å². The number of nitrogens with two attached hydrogens (primary N) is 1. The maximum atomic E-state index is 11.4. The molecule has 1 amide bonds. The number of thiazole rings is 1. The Bertz CT molecular complexity index is 771. The fraction of sp³-hybridized carbons (Fsp3) is 0.444. The van der Waals surface area contributed by atoms with Gasteiger partial charge in [-0.3, -0.25) is 4.79 Å². The van der Waals surface area contributed by atoms with Gasteiger partial charge in [-0.15, -0.1) is 11.3 Å². The number of primary amides is 1. The molecule has 132 valence electrons. The summed E-state index contributed by atoms with van der Waals surface area (Å²) in [7, 11) is 0. The highest BCUT2D eigenvalue weighted by molar-refractivity contribution is 7.13. The van der Waals surface area contributed by atoms with Crippen LogP contribution in [0.5, 0.6) is 11.5 Å². The smallest absolute Gasteiger partial charge is 0.268 e. The normalized spacial score (nSPS) is 16.8. The molecule has 0 radical (unpaired) electrons. The molecule has 6 nitrogen and oxygen atoms in total. The minimum absolute atomic E-state index is 0.277. The molecule has 2 aliphatic rings. The van der Waals surface area contributed by atoms with Crippen molar-refractivity contribution in [3.8, 4) is 11.5 Å². The van der Waals surface area contributed by atoms with Gasteiger partial charge in [-0.1, -0.05) is 25.3 Å². The first-order chi connectivity index (χ1) is 12.2. The van der Waals surface area contributed by atoms with E-state index in [-0.39, 0.29) is 6.79 Å². The third-order valence-corrected chi connectivity index (χ3v) is 5.67. The van der Waals surface area contributed by atoms with Crippen LogP contribution in [0.3, 0.4) is 0 Å². The topological polar surface area (TPSA) is 77.7 Å². The van der Waals surface area contributed by atoms with E-state index in [2.05, 4.69) is 16.0 Å². The van der Waals surface area contributed by atoms with Crippen LogP contribution < -0.4 is 20.1 Å². The van der Waals surface area contributed by atoms with Crippen LogP contribution in [-0.4, -0.2) is 23.7 Å². The van der Waals surface area contributed by atoms with E-state index in [0.29, 0.717) is 11.7 Å². The van der Waals surface area contributed by atoms with Crippen molar-refractivity contribution < 1.29 is 14.3 Å². The minimum atomic E-state index is -0.478. The summed E-state index contributed by atoms with van der Waals surface area (Å²) in [6.07, 6.45) is 6.05. The molecule has 1 saturated carbocycles. The first-order valence-corrected chi connectivity index (χ1v) is 9.49. The van der Waals surface area contributed by atoms with Gasteiger partial charge in [0.1, 0.15) is 5.69 Å². The van der Waals surface area contributed by atoms with E-state index in [4.69, 9.17) is 15.2 Å². The Balaban J connectivity index is 1.61. The molecular weight excluding hydrogens is 338 g/mol. The average Bonchev–Trinajstić information content (AvgIpc) is 3.29. The third kappa shape index (κ3) is 3.42. The Kier molecular flexibility index (Phi) is 4.48. The average molecular weight is 359 g/mol. The number of amides is 1. The highest BCUT2D eigenvalue weighted by Gasteiger charge is 2.25. The van der Waals surface area contributed by atoms with Crippen molar-refractivity contribution in [2.24, 2.45) is 5.73 Å². The van der Waals surface area contributed by atoms with E-state index in [0.717, 1.165) is 41.6 Å². The first kappa shape index (κ1) is 16.2. The zero-order valence-corrected chi connectivity index (χ0v) is 14.8. The van der Waals surface area contributed by atoms with Gasteiger partial charge in [0.25, 0.3) is 5.91 Å². The molecule has 1 aliphatic carbocycles. The lowest BCUT2D eigenvalue weighted by atomic mass is 9.94. The Hall–Kier alpha value is -2.28. The van der Waals surface area contributed by atoms with Crippen molar-refractivity contribution in [1.29, 1.82) is 0 Å². The molecule has 2 heterocycles. The van der Waals surface area contributed by atoms with Crippen molar-refractivity contribution in [2.75, 3.05) is 11.7 Å². The standard InChI is InChI=1S/C18H21N3O3S/c19-17(22)14-10-25-18(20-14)21(13-4-2-1-3-5-13)9-12-6-7-15-16(8-12)24-11-23-15/h6-8,10,13H,1-5,9,11H2,(H2,19,22). The van der Waals surface area contributed by atoms with Crippen LogP contribution in [0.4, 0.5) is 5.13 Å². The van der Waals surface area contributed by atoms with Crippen LogP contribution in [0.25, 0.3) is 0 Å². The van der Waals surface area contributed by atoms with Crippen molar-refractivity contribution >= 4 is 22.4 Å². The van der Waals surface area contributed by atoms with Crippen LogP contribution in [0, 0.1) is 0 Å². The Labute approximate surface area is 150 Å². The molecule has 2 N–H and O–H groups in total. The summed E-state index contributed by atoms with van der Waals surface area (Å²) in [5, 5.41) is 2.60. The molecule has 4 rings (SSSR count). The number of ether oxygens (including phenoxy) is 2. The number of aromatic nitrogens is 1. The molecular formula is C18H21N3O3S. The zero-order chi connectivity index (χ0) is 17.2. The Morgan fingerprint density at radius 3 is 2.80 bits per heavy atom. The molecule has 0 atom stereocenters. The molecule has 0 spiro atoms. The number of carbonyl (C=O) groups excluding carboxylic acids is 1. The fourth-order valence-electron chi connectivity index (χ4n) is 3.49. The molecule has 0 saturated heterocycles. The molecule has 1 aromatic heterocycles. The monoisotopic (exact) mass is 359 g/mol. The lowest BCUT2D eigenvalue weighted by Crippen LogP contribution is -2.36. The second-order valence-corrected chi connectivity index (χ2v) is 7.32. The maximum absolute atomic E-state index is 11.4. The van der Waals surface area contributed by atoms with E-state index < -0.39 is 5.91 Å². The Morgan fingerprint density at radius 1 is 1.24 bits per heavy atom.